The van der Waals surface area contributed by atoms with Crippen LogP contribution in [0.1, 0.15) is 45.4 Å². The third-order valence-corrected chi connectivity index (χ3v) is 5.23. The van der Waals surface area contributed by atoms with Gasteiger partial charge in [0.15, 0.2) is 0 Å². The maximum absolute atomic E-state index is 4.48. The summed E-state index contributed by atoms with van der Waals surface area (Å²) in [5.41, 5.74) is 0.428. The Hall–Kier alpha value is -0.870. The Labute approximate surface area is 122 Å². The molecule has 0 spiro atoms. The van der Waals surface area contributed by atoms with Crippen molar-refractivity contribution in [3.8, 4) is 0 Å². The van der Waals surface area contributed by atoms with Gasteiger partial charge in [0.25, 0.3) is 0 Å². The van der Waals surface area contributed by atoms with Gasteiger partial charge in [0.2, 0.25) is 0 Å². The number of imidazole rings is 1. The molecule has 0 amide bonds. The van der Waals surface area contributed by atoms with Crippen LogP contribution in [0, 0.1) is 5.41 Å². The molecule has 2 heterocycles. The third-order valence-electron chi connectivity index (χ3n) is 5.23. The molecule has 1 aliphatic heterocycles. The standard InChI is InChI=1S/C16H28N4/c1-3-16(4-2,12-18-14-5-6-14)13-19-9-10-20-8-7-17-15(20)11-19/h7-8,14,18H,3-6,9-13H2,1-2H3. The summed E-state index contributed by atoms with van der Waals surface area (Å²) in [4.78, 5) is 7.08. The van der Waals surface area contributed by atoms with Gasteiger partial charge in [-0.25, -0.2) is 4.98 Å². The van der Waals surface area contributed by atoms with Crippen molar-refractivity contribution in [2.24, 2.45) is 5.41 Å². The minimum atomic E-state index is 0.428. The molecule has 4 heteroatoms. The first-order chi connectivity index (χ1) is 9.74. The molecule has 0 atom stereocenters. The first-order valence-corrected chi connectivity index (χ1v) is 8.20. The number of rotatable bonds is 7. The molecule has 1 aromatic rings. The molecule has 3 rings (SSSR count). The quantitative estimate of drug-likeness (QED) is 0.829. The smallest absolute Gasteiger partial charge is 0.122 e. The molecule has 2 aliphatic rings. The maximum atomic E-state index is 4.48. The molecule has 20 heavy (non-hydrogen) atoms. The molecule has 1 fully saturated rings. The highest BCUT2D eigenvalue weighted by Crippen LogP contribution is 2.30. The average molecular weight is 276 g/mol. The molecule has 1 aliphatic carbocycles. The number of hydrogen-bond donors (Lipinski definition) is 1. The number of nitrogens with one attached hydrogen (secondary N) is 1. The average Bonchev–Trinajstić information content (AvgIpc) is 3.20. The highest BCUT2D eigenvalue weighted by molar-refractivity contribution is 4.97. The van der Waals surface area contributed by atoms with Crippen LogP contribution in [0.4, 0.5) is 0 Å². The molecule has 1 saturated carbocycles. The molecule has 0 unspecified atom stereocenters. The van der Waals surface area contributed by atoms with E-state index in [9.17, 15) is 0 Å². The van der Waals surface area contributed by atoms with Crippen molar-refractivity contribution in [3.05, 3.63) is 18.2 Å². The van der Waals surface area contributed by atoms with Crippen LogP contribution in [-0.2, 0) is 13.1 Å². The topological polar surface area (TPSA) is 33.1 Å². The minimum absolute atomic E-state index is 0.428. The largest absolute Gasteiger partial charge is 0.333 e. The summed E-state index contributed by atoms with van der Waals surface area (Å²) in [6, 6.07) is 0.813. The number of hydrogen-bond acceptors (Lipinski definition) is 3. The van der Waals surface area contributed by atoms with Crippen LogP contribution in [0.15, 0.2) is 12.4 Å². The second-order valence-electron chi connectivity index (χ2n) is 6.61. The lowest BCUT2D eigenvalue weighted by molar-refractivity contribution is 0.110. The lowest BCUT2D eigenvalue weighted by Crippen LogP contribution is -2.46. The van der Waals surface area contributed by atoms with Crippen LogP contribution in [0.3, 0.4) is 0 Å². The Morgan fingerprint density at radius 2 is 2.10 bits per heavy atom. The van der Waals surface area contributed by atoms with E-state index in [0.717, 1.165) is 25.7 Å². The SMILES string of the molecule is CCC(CC)(CNC1CC1)CN1CCn2ccnc2C1. The van der Waals surface area contributed by atoms with Crippen molar-refractivity contribution in [2.75, 3.05) is 19.6 Å². The number of fused-ring (bicyclic) bond motifs is 1. The van der Waals surface area contributed by atoms with Crippen molar-refractivity contribution < 1.29 is 0 Å². The molecule has 112 valence electrons. The van der Waals surface area contributed by atoms with Gasteiger partial charge in [-0.15, -0.1) is 0 Å². The zero-order chi connectivity index (χ0) is 14.0. The third kappa shape index (κ3) is 3.07. The van der Waals surface area contributed by atoms with E-state index < -0.39 is 0 Å². The normalized spacial score (nSPS) is 20.1. The van der Waals surface area contributed by atoms with E-state index in [0.29, 0.717) is 5.41 Å². The summed E-state index contributed by atoms with van der Waals surface area (Å²) >= 11 is 0. The van der Waals surface area contributed by atoms with Crippen LogP contribution < -0.4 is 5.32 Å². The highest BCUT2D eigenvalue weighted by Gasteiger charge is 2.32. The zero-order valence-corrected chi connectivity index (χ0v) is 12.9. The minimum Gasteiger partial charge on any atom is -0.333 e. The first-order valence-electron chi connectivity index (χ1n) is 8.20. The van der Waals surface area contributed by atoms with E-state index in [1.807, 2.05) is 6.20 Å². The van der Waals surface area contributed by atoms with Crippen LogP contribution in [0.2, 0.25) is 0 Å². The summed E-state index contributed by atoms with van der Waals surface area (Å²) in [7, 11) is 0. The van der Waals surface area contributed by atoms with Crippen molar-refractivity contribution in [1.29, 1.82) is 0 Å². The van der Waals surface area contributed by atoms with Crippen LogP contribution in [0.5, 0.6) is 0 Å². The van der Waals surface area contributed by atoms with Crippen LogP contribution >= 0.6 is 0 Å². The van der Waals surface area contributed by atoms with Crippen molar-refractivity contribution in [2.45, 2.75) is 58.7 Å². The van der Waals surface area contributed by atoms with E-state index in [4.69, 9.17) is 0 Å². The Kier molecular flexibility index (Phi) is 4.13. The monoisotopic (exact) mass is 276 g/mol. The fraction of sp³-hybridized carbons (Fsp3) is 0.812. The lowest BCUT2D eigenvalue weighted by atomic mass is 9.81. The Morgan fingerprint density at radius 3 is 2.80 bits per heavy atom. The Balaban J connectivity index is 1.60. The van der Waals surface area contributed by atoms with E-state index in [1.165, 1.54) is 44.6 Å². The first kappa shape index (κ1) is 14.1. The van der Waals surface area contributed by atoms with Crippen LogP contribution in [0.25, 0.3) is 0 Å². The Morgan fingerprint density at radius 1 is 1.30 bits per heavy atom. The zero-order valence-electron chi connectivity index (χ0n) is 12.9. The molecule has 0 saturated heterocycles. The Bertz CT molecular complexity index is 431. The fourth-order valence-corrected chi connectivity index (χ4v) is 3.26. The van der Waals surface area contributed by atoms with Crippen LogP contribution in [-0.4, -0.2) is 40.1 Å². The fourth-order valence-electron chi connectivity index (χ4n) is 3.26. The summed E-state index contributed by atoms with van der Waals surface area (Å²) in [5, 5.41) is 3.76. The molecule has 4 nitrogen and oxygen atoms in total. The molecular weight excluding hydrogens is 248 g/mol. The second kappa shape index (κ2) is 5.86. The molecule has 0 bridgehead atoms. The van der Waals surface area contributed by atoms with Crippen molar-refractivity contribution in [1.82, 2.24) is 19.8 Å². The number of nitrogens with zero attached hydrogens (tertiary/aromatic N) is 3. The molecule has 1 N–H and O–H groups in total. The van der Waals surface area contributed by atoms with Gasteiger partial charge < -0.3 is 9.88 Å². The predicted octanol–water partition coefficient (Wildman–Crippen LogP) is 2.26. The molecule has 1 aromatic heterocycles. The van der Waals surface area contributed by atoms with Gasteiger partial charge in [-0.05, 0) is 31.1 Å². The number of aromatic nitrogens is 2. The van der Waals surface area contributed by atoms with Crippen molar-refractivity contribution in [3.63, 3.8) is 0 Å². The van der Waals surface area contributed by atoms with Gasteiger partial charge in [0, 0.05) is 44.6 Å². The molecule has 0 radical (unpaired) electrons. The summed E-state index contributed by atoms with van der Waals surface area (Å²) < 4.78 is 2.29. The van der Waals surface area contributed by atoms with Gasteiger partial charge in [-0.2, -0.15) is 0 Å². The second-order valence-corrected chi connectivity index (χ2v) is 6.61. The van der Waals surface area contributed by atoms with Gasteiger partial charge in [0.1, 0.15) is 5.82 Å². The van der Waals surface area contributed by atoms with Gasteiger partial charge in [-0.3, -0.25) is 4.90 Å². The molecule has 0 aromatic carbocycles. The van der Waals surface area contributed by atoms with Crippen molar-refractivity contribution >= 4 is 0 Å². The van der Waals surface area contributed by atoms with E-state index in [1.54, 1.807) is 0 Å². The highest BCUT2D eigenvalue weighted by atomic mass is 15.2. The van der Waals surface area contributed by atoms with E-state index in [-0.39, 0.29) is 0 Å². The lowest BCUT2D eigenvalue weighted by Gasteiger charge is -2.39. The van der Waals surface area contributed by atoms with Gasteiger partial charge >= 0.3 is 0 Å². The summed E-state index contributed by atoms with van der Waals surface area (Å²) in [6.07, 6.45) is 9.31. The molecular formula is C16H28N4. The summed E-state index contributed by atoms with van der Waals surface area (Å²) in [5.74, 6) is 1.23. The van der Waals surface area contributed by atoms with E-state index >= 15 is 0 Å². The maximum Gasteiger partial charge on any atom is 0.122 e. The van der Waals surface area contributed by atoms with E-state index in [2.05, 4.69) is 39.8 Å². The summed E-state index contributed by atoms with van der Waals surface area (Å²) in [6.45, 7) is 10.3. The predicted molar refractivity (Wildman–Crippen MR) is 81.5 cm³/mol. The van der Waals surface area contributed by atoms with Gasteiger partial charge in [-0.1, -0.05) is 13.8 Å². The van der Waals surface area contributed by atoms with Gasteiger partial charge in [0.05, 0.1) is 6.54 Å².